The van der Waals surface area contributed by atoms with E-state index >= 15 is 0 Å². The lowest BCUT2D eigenvalue weighted by molar-refractivity contribution is 0.312. The van der Waals surface area contributed by atoms with Crippen molar-refractivity contribution in [2.75, 3.05) is 43.9 Å². The molecule has 1 saturated heterocycles. The third-order valence-electron chi connectivity index (χ3n) is 3.40. The van der Waals surface area contributed by atoms with Crippen LogP contribution in [0.3, 0.4) is 0 Å². The summed E-state index contributed by atoms with van der Waals surface area (Å²) in [5.41, 5.74) is 6.87. The molecule has 1 aliphatic rings. The number of nitrogens with zero attached hydrogens (tertiary/aromatic N) is 4. The first-order valence-electron chi connectivity index (χ1n) is 6.76. The second kappa shape index (κ2) is 6.00. The molecule has 100 valence electrons. The molecule has 0 bridgehead atoms. The second-order valence-corrected chi connectivity index (χ2v) is 4.97. The van der Waals surface area contributed by atoms with Crippen LogP contribution in [0.5, 0.6) is 0 Å². The molecule has 1 aromatic heterocycles. The summed E-state index contributed by atoms with van der Waals surface area (Å²) >= 11 is 0. The molecule has 0 saturated carbocycles. The molecular weight excluding hydrogens is 226 g/mol. The Hall–Kier alpha value is -1.36. The van der Waals surface area contributed by atoms with Crippen molar-refractivity contribution in [3.63, 3.8) is 0 Å². The Labute approximate surface area is 109 Å². The van der Waals surface area contributed by atoms with Gasteiger partial charge in [0, 0.05) is 37.9 Å². The van der Waals surface area contributed by atoms with Crippen LogP contribution in [0.2, 0.25) is 0 Å². The summed E-state index contributed by atoms with van der Waals surface area (Å²) in [5.74, 6) is 1.39. The molecular formula is C13H23N5. The summed E-state index contributed by atoms with van der Waals surface area (Å²) in [6.45, 7) is 6.37. The van der Waals surface area contributed by atoms with Gasteiger partial charge in [-0.3, -0.25) is 0 Å². The zero-order valence-corrected chi connectivity index (χ0v) is 11.4. The molecule has 0 atom stereocenters. The third kappa shape index (κ3) is 3.32. The second-order valence-electron chi connectivity index (χ2n) is 4.97. The number of hydrogen-bond donors (Lipinski definition) is 1. The molecule has 2 N–H and O–H groups in total. The molecule has 0 aromatic carbocycles. The fourth-order valence-corrected chi connectivity index (χ4v) is 2.19. The molecule has 2 heterocycles. The average Bonchev–Trinajstić information content (AvgIpc) is 2.36. The quantitative estimate of drug-likeness (QED) is 0.867. The first-order chi connectivity index (χ1) is 8.69. The van der Waals surface area contributed by atoms with Crippen LogP contribution in [-0.4, -0.2) is 48.1 Å². The summed E-state index contributed by atoms with van der Waals surface area (Å²) in [6.07, 6.45) is 3.32. The van der Waals surface area contributed by atoms with Gasteiger partial charge in [-0.1, -0.05) is 13.3 Å². The summed E-state index contributed by atoms with van der Waals surface area (Å²) in [4.78, 5) is 13.3. The molecule has 18 heavy (non-hydrogen) atoms. The Morgan fingerprint density at radius 2 is 1.94 bits per heavy atom. The minimum absolute atomic E-state index is 0.400. The molecule has 5 nitrogen and oxygen atoms in total. The van der Waals surface area contributed by atoms with E-state index in [2.05, 4.69) is 39.8 Å². The molecule has 0 radical (unpaired) electrons. The van der Waals surface area contributed by atoms with Gasteiger partial charge in [0.05, 0.1) is 0 Å². The molecule has 1 aromatic rings. The average molecular weight is 249 g/mol. The third-order valence-corrected chi connectivity index (χ3v) is 3.40. The van der Waals surface area contributed by atoms with Crippen LogP contribution in [-0.2, 0) is 6.42 Å². The van der Waals surface area contributed by atoms with E-state index in [1.54, 1.807) is 0 Å². The standard InChI is InChI=1S/C13H23N5/c1-3-4-5-11-10-12(16-13(14)15-11)18-8-6-17(2)7-9-18/h10H,3-9H2,1-2H3,(H2,14,15,16). The number of hydrogen-bond acceptors (Lipinski definition) is 5. The maximum Gasteiger partial charge on any atom is 0.222 e. The van der Waals surface area contributed by atoms with Crippen LogP contribution < -0.4 is 10.6 Å². The van der Waals surface area contributed by atoms with Gasteiger partial charge in [-0.05, 0) is 19.9 Å². The van der Waals surface area contributed by atoms with E-state index in [4.69, 9.17) is 5.73 Å². The normalized spacial score (nSPS) is 17.1. The zero-order chi connectivity index (χ0) is 13.0. The molecule has 1 fully saturated rings. The number of nitrogens with two attached hydrogens (primary N) is 1. The highest BCUT2D eigenvalue weighted by Crippen LogP contribution is 2.16. The van der Waals surface area contributed by atoms with Crippen LogP contribution in [0.25, 0.3) is 0 Å². The van der Waals surface area contributed by atoms with Gasteiger partial charge >= 0.3 is 0 Å². The number of likely N-dealkylation sites (N-methyl/N-ethyl adjacent to an activating group) is 1. The van der Waals surface area contributed by atoms with Gasteiger partial charge in [-0.2, -0.15) is 4.98 Å². The first kappa shape index (κ1) is 13.1. The van der Waals surface area contributed by atoms with Crippen LogP contribution in [0.1, 0.15) is 25.5 Å². The van der Waals surface area contributed by atoms with Gasteiger partial charge in [-0.15, -0.1) is 0 Å². The van der Waals surface area contributed by atoms with Gasteiger partial charge in [0.15, 0.2) is 0 Å². The van der Waals surface area contributed by atoms with Crippen LogP contribution >= 0.6 is 0 Å². The van der Waals surface area contributed by atoms with Crippen LogP contribution in [0.15, 0.2) is 6.07 Å². The van der Waals surface area contributed by atoms with Crippen molar-refractivity contribution < 1.29 is 0 Å². The fraction of sp³-hybridized carbons (Fsp3) is 0.692. The van der Waals surface area contributed by atoms with Crippen molar-refractivity contribution in [1.29, 1.82) is 0 Å². The predicted molar refractivity (Wildman–Crippen MR) is 74.8 cm³/mol. The maximum absolute atomic E-state index is 5.81. The summed E-state index contributed by atoms with van der Waals surface area (Å²) in [7, 11) is 2.15. The number of rotatable bonds is 4. The van der Waals surface area contributed by atoms with Gasteiger partial charge < -0.3 is 15.5 Å². The Morgan fingerprint density at radius 3 is 2.61 bits per heavy atom. The van der Waals surface area contributed by atoms with Crippen LogP contribution in [0, 0.1) is 0 Å². The number of nitrogen functional groups attached to an aromatic ring is 1. The lowest BCUT2D eigenvalue weighted by atomic mass is 10.2. The van der Waals surface area contributed by atoms with Crippen molar-refractivity contribution in [2.24, 2.45) is 0 Å². The van der Waals surface area contributed by atoms with Gasteiger partial charge in [0.25, 0.3) is 0 Å². The maximum atomic E-state index is 5.81. The lowest BCUT2D eigenvalue weighted by Crippen LogP contribution is -2.44. The minimum atomic E-state index is 0.400. The minimum Gasteiger partial charge on any atom is -0.368 e. The Bertz CT molecular complexity index is 385. The van der Waals surface area contributed by atoms with Gasteiger partial charge in [-0.25, -0.2) is 4.98 Å². The van der Waals surface area contributed by atoms with E-state index in [0.29, 0.717) is 5.95 Å². The van der Waals surface area contributed by atoms with Crippen molar-refractivity contribution in [3.8, 4) is 0 Å². The van der Waals surface area contributed by atoms with E-state index in [9.17, 15) is 0 Å². The molecule has 0 amide bonds. The van der Waals surface area contributed by atoms with E-state index in [1.807, 2.05) is 0 Å². The number of aromatic nitrogens is 2. The highest BCUT2D eigenvalue weighted by atomic mass is 15.3. The van der Waals surface area contributed by atoms with E-state index in [0.717, 1.165) is 50.5 Å². The first-order valence-corrected chi connectivity index (χ1v) is 6.76. The highest BCUT2D eigenvalue weighted by Gasteiger charge is 2.16. The zero-order valence-electron chi connectivity index (χ0n) is 11.4. The van der Waals surface area contributed by atoms with E-state index in [1.165, 1.54) is 6.42 Å². The summed E-state index contributed by atoms with van der Waals surface area (Å²) in [5, 5.41) is 0. The molecule has 0 aliphatic carbocycles. The number of aryl methyl sites for hydroxylation is 1. The number of unbranched alkanes of at least 4 members (excludes halogenated alkanes) is 1. The SMILES string of the molecule is CCCCc1cc(N2CCN(C)CC2)nc(N)n1. The highest BCUT2D eigenvalue weighted by molar-refractivity contribution is 5.44. The Morgan fingerprint density at radius 1 is 1.22 bits per heavy atom. The lowest BCUT2D eigenvalue weighted by Gasteiger charge is -2.33. The van der Waals surface area contributed by atoms with Gasteiger partial charge in [0.2, 0.25) is 5.95 Å². The topological polar surface area (TPSA) is 58.3 Å². The predicted octanol–water partition coefficient (Wildman–Crippen LogP) is 1.15. The van der Waals surface area contributed by atoms with Crippen molar-refractivity contribution in [3.05, 3.63) is 11.8 Å². The van der Waals surface area contributed by atoms with Crippen LogP contribution in [0.4, 0.5) is 11.8 Å². The fourth-order valence-electron chi connectivity index (χ4n) is 2.19. The smallest absolute Gasteiger partial charge is 0.222 e. The van der Waals surface area contributed by atoms with Crippen molar-refractivity contribution in [1.82, 2.24) is 14.9 Å². The van der Waals surface area contributed by atoms with Crippen molar-refractivity contribution >= 4 is 11.8 Å². The molecule has 0 unspecified atom stereocenters. The number of anilines is 2. The Balaban J connectivity index is 2.09. The van der Waals surface area contributed by atoms with E-state index < -0.39 is 0 Å². The molecule has 0 spiro atoms. The Kier molecular flexibility index (Phi) is 4.36. The van der Waals surface area contributed by atoms with E-state index in [-0.39, 0.29) is 0 Å². The summed E-state index contributed by atoms with van der Waals surface area (Å²) < 4.78 is 0. The number of piperazine rings is 1. The molecule has 2 rings (SSSR count). The van der Waals surface area contributed by atoms with Gasteiger partial charge in [0.1, 0.15) is 5.82 Å². The monoisotopic (exact) mass is 249 g/mol. The largest absolute Gasteiger partial charge is 0.368 e. The molecule has 1 aliphatic heterocycles. The summed E-state index contributed by atoms with van der Waals surface area (Å²) in [6, 6.07) is 2.09. The molecule has 5 heteroatoms. The van der Waals surface area contributed by atoms with Crippen molar-refractivity contribution in [2.45, 2.75) is 26.2 Å².